The Balaban J connectivity index is 1.47. The van der Waals surface area contributed by atoms with E-state index >= 15 is 0 Å². The highest BCUT2D eigenvalue weighted by Crippen LogP contribution is 2.15. The summed E-state index contributed by atoms with van der Waals surface area (Å²) in [6.07, 6.45) is 2.14. The third kappa shape index (κ3) is 4.22. The Morgan fingerprint density at radius 2 is 1.92 bits per heavy atom. The average molecular weight is 348 g/mol. The van der Waals surface area contributed by atoms with E-state index in [1.165, 1.54) is 6.07 Å². The van der Waals surface area contributed by atoms with E-state index in [1.807, 2.05) is 27.5 Å². The minimum atomic E-state index is -0.819. The van der Waals surface area contributed by atoms with Crippen LogP contribution in [0.4, 0.5) is 8.78 Å². The van der Waals surface area contributed by atoms with Crippen molar-refractivity contribution < 1.29 is 13.6 Å². The van der Waals surface area contributed by atoms with Gasteiger partial charge in [-0.3, -0.25) is 14.4 Å². The molecule has 2 heterocycles. The zero-order chi connectivity index (χ0) is 17.8. The Kier molecular flexibility index (Phi) is 5.43. The molecule has 1 amide bonds. The molecule has 0 atom stereocenters. The van der Waals surface area contributed by atoms with Crippen molar-refractivity contribution in [1.29, 1.82) is 0 Å². The monoisotopic (exact) mass is 348 g/mol. The molecule has 5 nitrogen and oxygen atoms in total. The number of carbonyl (C=O) groups is 1. The molecule has 0 saturated carbocycles. The van der Waals surface area contributed by atoms with E-state index in [9.17, 15) is 13.6 Å². The van der Waals surface area contributed by atoms with Crippen molar-refractivity contribution in [3.8, 4) is 0 Å². The molecule has 7 heteroatoms. The molecule has 3 rings (SSSR count). The quantitative estimate of drug-likeness (QED) is 0.832. The number of piperazine rings is 1. The normalized spacial score (nSPS) is 15.6. The average Bonchev–Trinajstić information content (AvgIpc) is 3.02. The number of aromatic nitrogens is 2. The van der Waals surface area contributed by atoms with Gasteiger partial charge in [0.1, 0.15) is 0 Å². The summed E-state index contributed by atoms with van der Waals surface area (Å²) >= 11 is 0. The van der Waals surface area contributed by atoms with Crippen molar-refractivity contribution in [2.75, 3.05) is 26.2 Å². The molecular weight excluding hydrogens is 326 g/mol. The number of benzene rings is 1. The molecule has 1 saturated heterocycles. The molecule has 134 valence electrons. The van der Waals surface area contributed by atoms with Crippen LogP contribution in [0.5, 0.6) is 0 Å². The van der Waals surface area contributed by atoms with E-state index in [0.29, 0.717) is 51.3 Å². The number of hydrogen-bond acceptors (Lipinski definition) is 3. The van der Waals surface area contributed by atoms with Gasteiger partial charge in [0, 0.05) is 63.1 Å². The number of nitrogens with zero attached hydrogens (tertiary/aromatic N) is 4. The molecule has 0 N–H and O–H groups in total. The summed E-state index contributed by atoms with van der Waals surface area (Å²) in [5, 5.41) is 4.18. The molecule has 0 unspecified atom stereocenters. The molecule has 0 radical (unpaired) electrons. The standard InChI is InChI=1S/C18H22F2N4O/c1-14-5-7-21-24(14)8-6-17(25)23-11-9-22(10-12-23)13-15-3-2-4-16(19)18(15)20/h2-5,7H,6,8-13H2,1H3. The van der Waals surface area contributed by atoms with Crippen molar-refractivity contribution in [3.05, 3.63) is 53.4 Å². The minimum absolute atomic E-state index is 0.103. The van der Waals surface area contributed by atoms with Crippen LogP contribution in [0, 0.1) is 18.6 Å². The second kappa shape index (κ2) is 7.74. The molecule has 1 fully saturated rings. The summed E-state index contributed by atoms with van der Waals surface area (Å²) in [6.45, 7) is 5.42. The lowest BCUT2D eigenvalue weighted by molar-refractivity contribution is -0.133. The van der Waals surface area contributed by atoms with Crippen LogP contribution in [0.1, 0.15) is 17.7 Å². The molecule has 25 heavy (non-hydrogen) atoms. The summed E-state index contributed by atoms with van der Waals surface area (Å²) in [7, 11) is 0. The van der Waals surface area contributed by atoms with Gasteiger partial charge in [-0.2, -0.15) is 5.10 Å². The Hall–Kier alpha value is -2.28. The number of halogens is 2. The lowest BCUT2D eigenvalue weighted by Gasteiger charge is -2.35. The van der Waals surface area contributed by atoms with Gasteiger partial charge in [-0.1, -0.05) is 12.1 Å². The number of rotatable bonds is 5. The highest BCUT2D eigenvalue weighted by molar-refractivity contribution is 5.76. The van der Waals surface area contributed by atoms with Crippen molar-refractivity contribution in [3.63, 3.8) is 0 Å². The highest BCUT2D eigenvalue weighted by Gasteiger charge is 2.22. The van der Waals surface area contributed by atoms with Gasteiger partial charge in [-0.25, -0.2) is 8.78 Å². The third-order valence-electron chi connectivity index (χ3n) is 4.62. The fourth-order valence-electron chi connectivity index (χ4n) is 3.06. The van der Waals surface area contributed by atoms with Gasteiger partial charge in [-0.05, 0) is 19.1 Å². The fraction of sp³-hybridized carbons (Fsp3) is 0.444. The van der Waals surface area contributed by atoms with Crippen molar-refractivity contribution >= 4 is 5.91 Å². The lowest BCUT2D eigenvalue weighted by atomic mass is 10.1. The summed E-state index contributed by atoms with van der Waals surface area (Å²) in [5.41, 5.74) is 1.39. The van der Waals surface area contributed by atoms with Crippen LogP contribution >= 0.6 is 0 Å². The smallest absolute Gasteiger partial charge is 0.224 e. The highest BCUT2D eigenvalue weighted by atomic mass is 19.2. The molecule has 1 aliphatic rings. The van der Waals surface area contributed by atoms with Crippen molar-refractivity contribution in [2.24, 2.45) is 0 Å². The molecule has 1 aromatic carbocycles. The zero-order valence-corrected chi connectivity index (χ0v) is 14.3. The second-order valence-corrected chi connectivity index (χ2v) is 6.32. The molecule has 0 aliphatic carbocycles. The molecule has 0 spiro atoms. The first-order valence-corrected chi connectivity index (χ1v) is 8.46. The molecule has 0 bridgehead atoms. The van der Waals surface area contributed by atoms with Crippen LogP contribution in [0.15, 0.2) is 30.5 Å². The first-order chi connectivity index (χ1) is 12.0. The number of hydrogen-bond donors (Lipinski definition) is 0. The predicted octanol–water partition coefficient (Wildman–Crippen LogP) is 2.20. The number of amides is 1. The number of aryl methyl sites for hydroxylation is 2. The van der Waals surface area contributed by atoms with Gasteiger partial charge in [0.2, 0.25) is 5.91 Å². The van der Waals surface area contributed by atoms with Gasteiger partial charge in [0.05, 0.1) is 0 Å². The van der Waals surface area contributed by atoms with Crippen LogP contribution in [0.25, 0.3) is 0 Å². The maximum absolute atomic E-state index is 13.8. The summed E-state index contributed by atoms with van der Waals surface area (Å²) in [4.78, 5) is 16.2. The SMILES string of the molecule is Cc1ccnn1CCC(=O)N1CCN(Cc2cccc(F)c2F)CC1. The fourth-order valence-corrected chi connectivity index (χ4v) is 3.06. The summed E-state index contributed by atoms with van der Waals surface area (Å²) in [5.74, 6) is -1.50. The zero-order valence-electron chi connectivity index (χ0n) is 14.3. The summed E-state index contributed by atoms with van der Waals surface area (Å²) < 4.78 is 28.9. The van der Waals surface area contributed by atoms with Crippen LogP contribution in [-0.2, 0) is 17.9 Å². The summed E-state index contributed by atoms with van der Waals surface area (Å²) in [6, 6.07) is 6.15. The Bertz CT molecular complexity index is 738. The van der Waals surface area contributed by atoms with Crippen LogP contribution < -0.4 is 0 Å². The molecule has 1 aliphatic heterocycles. The molecule has 2 aromatic rings. The molecule has 1 aromatic heterocycles. The Labute approximate surface area is 145 Å². The van der Waals surface area contributed by atoms with E-state index in [-0.39, 0.29) is 5.91 Å². The number of carbonyl (C=O) groups excluding carboxylic acids is 1. The van der Waals surface area contributed by atoms with Crippen molar-refractivity contribution in [2.45, 2.75) is 26.4 Å². The predicted molar refractivity (Wildman–Crippen MR) is 89.8 cm³/mol. The van der Waals surface area contributed by atoms with Crippen LogP contribution in [-0.4, -0.2) is 51.7 Å². The third-order valence-corrected chi connectivity index (χ3v) is 4.62. The van der Waals surface area contributed by atoms with E-state index in [2.05, 4.69) is 5.10 Å². The first kappa shape index (κ1) is 17.5. The van der Waals surface area contributed by atoms with Crippen molar-refractivity contribution in [1.82, 2.24) is 19.6 Å². The van der Waals surface area contributed by atoms with Gasteiger partial charge < -0.3 is 4.90 Å². The van der Waals surface area contributed by atoms with Gasteiger partial charge in [-0.15, -0.1) is 0 Å². The van der Waals surface area contributed by atoms with Gasteiger partial charge >= 0.3 is 0 Å². The first-order valence-electron chi connectivity index (χ1n) is 8.46. The van der Waals surface area contributed by atoms with Gasteiger partial charge in [0.25, 0.3) is 0 Å². The second-order valence-electron chi connectivity index (χ2n) is 6.32. The van der Waals surface area contributed by atoms with Crippen LogP contribution in [0.2, 0.25) is 0 Å². The Morgan fingerprint density at radius 3 is 2.60 bits per heavy atom. The topological polar surface area (TPSA) is 41.4 Å². The lowest BCUT2D eigenvalue weighted by Crippen LogP contribution is -2.48. The Morgan fingerprint density at radius 1 is 1.16 bits per heavy atom. The van der Waals surface area contributed by atoms with Crippen LogP contribution in [0.3, 0.4) is 0 Å². The van der Waals surface area contributed by atoms with E-state index < -0.39 is 11.6 Å². The maximum Gasteiger partial charge on any atom is 0.224 e. The van der Waals surface area contributed by atoms with E-state index in [1.54, 1.807) is 12.3 Å². The minimum Gasteiger partial charge on any atom is -0.340 e. The largest absolute Gasteiger partial charge is 0.340 e. The van der Waals surface area contributed by atoms with E-state index in [4.69, 9.17) is 0 Å². The van der Waals surface area contributed by atoms with E-state index in [0.717, 1.165) is 11.8 Å². The molecular formula is C18H22F2N4O. The van der Waals surface area contributed by atoms with Gasteiger partial charge in [0.15, 0.2) is 11.6 Å². The maximum atomic E-state index is 13.8.